The number of carbonyl (C=O) groups excluding carboxylic acids is 1. The molecule has 1 aromatic heterocycles. The molecule has 0 aliphatic carbocycles. The van der Waals surface area contributed by atoms with E-state index in [2.05, 4.69) is 15.8 Å². The van der Waals surface area contributed by atoms with E-state index >= 15 is 0 Å². The number of nitro benzene ring substituents is 1. The number of hydrazine groups is 1. The lowest BCUT2D eigenvalue weighted by Gasteiger charge is -2.07. The van der Waals surface area contributed by atoms with Gasteiger partial charge >= 0.3 is 0 Å². The number of nitrogens with one attached hydrogen (secondary N) is 2. The molecule has 0 aliphatic heterocycles. The number of aromatic nitrogens is 1. The van der Waals surface area contributed by atoms with E-state index in [1.807, 2.05) is 24.3 Å². The summed E-state index contributed by atoms with van der Waals surface area (Å²) in [6.45, 7) is 0. The van der Waals surface area contributed by atoms with Crippen LogP contribution < -0.4 is 15.6 Å². The summed E-state index contributed by atoms with van der Waals surface area (Å²) < 4.78 is 5.11. The van der Waals surface area contributed by atoms with Gasteiger partial charge in [-0.1, -0.05) is 12.1 Å². The number of ether oxygens (including phenoxy) is 1. The molecule has 0 saturated carbocycles. The van der Waals surface area contributed by atoms with Crippen molar-refractivity contribution in [3.05, 3.63) is 69.7 Å². The van der Waals surface area contributed by atoms with Gasteiger partial charge in [-0.25, -0.2) is 4.98 Å². The average Bonchev–Trinajstić information content (AvgIpc) is 3.16. The summed E-state index contributed by atoms with van der Waals surface area (Å²) >= 11 is 1.33. The number of nitrogens with zero attached hydrogens (tertiary/aromatic N) is 2. The second kappa shape index (κ2) is 7.62. The van der Waals surface area contributed by atoms with Crippen molar-refractivity contribution in [2.45, 2.75) is 0 Å². The highest BCUT2D eigenvalue weighted by molar-refractivity contribution is 7.13. The number of nitro groups is 1. The monoisotopic (exact) mass is 370 g/mol. The molecule has 0 unspecified atom stereocenters. The van der Waals surface area contributed by atoms with Crippen LogP contribution in [0.5, 0.6) is 5.75 Å². The summed E-state index contributed by atoms with van der Waals surface area (Å²) in [6.07, 6.45) is 0. The van der Waals surface area contributed by atoms with Crippen LogP contribution in [0.25, 0.3) is 10.6 Å². The van der Waals surface area contributed by atoms with Gasteiger partial charge < -0.3 is 4.74 Å². The number of carbonyl (C=O) groups is 1. The Morgan fingerprint density at radius 3 is 2.62 bits per heavy atom. The molecule has 0 atom stereocenters. The van der Waals surface area contributed by atoms with Crippen LogP contribution in [0.15, 0.2) is 53.9 Å². The fourth-order valence-electron chi connectivity index (χ4n) is 2.17. The van der Waals surface area contributed by atoms with E-state index in [1.54, 1.807) is 24.6 Å². The van der Waals surface area contributed by atoms with Gasteiger partial charge in [-0.15, -0.1) is 11.3 Å². The molecule has 0 bridgehead atoms. The Kier molecular flexibility index (Phi) is 5.09. The smallest absolute Gasteiger partial charge is 0.294 e. The molecule has 0 saturated heterocycles. The van der Waals surface area contributed by atoms with E-state index in [9.17, 15) is 14.9 Å². The number of rotatable bonds is 6. The Labute approximate surface area is 152 Å². The molecule has 0 aliphatic rings. The molecule has 3 rings (SSSR count). The Hall–Kier alpha value is -3.46. The first kappa shape index (κ1) is 17.4. The van der Waals surface area contributed by atoms with Crippen molar-refractivity contribution in [3.8, 4) is 16.3 Å². The highest BCUT2D eigenvalue weighted by Gasteiger charge is 2.15. The molecule has 1 heterocycles. The summed E-state index contributed by atoms with van der Waals surface area (Å²) in [5.41, 5.74) is 6.12. The lowest BCUT2D eigenvalue weighted by molar-refractivity contribution is -0.384. The summed E-state index contributed by atoms with van der Waals surface area (Å²) in [4.78, 5) is 27.0. The van der Waals surface area contributed by atoms with Gasteiger partial charge in [-0.3, -0.25) is 25.8 Å². The van der Waals surface area contributed by atoms with Crippen LogP contribution in [0, 0.1) is 10.1 Å². The van der Waals surface area contributed by atoms with E-state index < -0.39 is 10.8 Å². The molecule has 3 aromatic rings. The van der Waals surface area contributed by atoms with Gasteiger partial charge in [0.1, 0.15) is 22.1 Å². The summed E-state index contributed by atoms with van der Waals surface area (Å²) in [6, 6.07) is 13.4. The van der Waals surface area contributed by atoms with E-state index in [-0.39, 0.29) is 17.1 Å². The lowest BCUT2D eigenvalue weighted by atomic mass is 10.2. The third-order valence-electron chi connectivity index (χ3n) is 3.49. The van der Waals surface area contributed by atoms with Gasteiger partial charge in [-0.2, -0.15) is 0 Å². The van der Waals surface area contributed by atoms with Crippen molar-refractivity contribution in [1.29, 1.82) is 0 Å². The average molecular weight is 370 g/mol. The largest absolute Gasteiger partial charge is 0.497 e. The Morgan fingerprint density at radius 1 is 1.19 bits per heavy atom. The topological polar surface area (TPSA) is 106 Å². The SMILES string of the molecule is COc1ccc(-c2nc(C(=O)NNc3ccccc3[N+](=O)[O-])cs2)cc1. The Morgan fingerprint density at radius 2 is 1.92 bits per heavy atom. The highest BCUT2D eigenvalue weighted by Crippen LogP contribution is 2.26. The standard InChI is InChI=1S/C17H14N4O4S/c1-25-12-8-6-11(7-9-12)17-18-14(10-26-17)16(22)20-19-13-4-2-3-5-15(13)21(23)24/h2-10,19H,1H3,(H,20,22). The Balaban J connectivity index is 1.69. The molecule has 0 radical (unpaired) electrons. The number of para-hydroxylation sites is 2. The van der Waals surface area contributed by atoms with Crippen LogP contribution in [0.3, 0.4) is 0 Å². The van der Waals surface area contributed by atoms with Gasteiger partial charge in [0.05, 0.1) is 12.0 Å². The van der Waals surface area contributed by atoms with E-state index in [1.165, 1.54) is 23.5 Å². The zero-order chi connectivity index (χ0) is 18.5. The number of benzene rings is 2. The number of methoxy groups -OCH3 is 1. The van der Waals surface area contributed by atoms with Gasteiger partial charge in [0.2, 0.25) is 0 Å². The van der Waals surface area contributed by atoms with E-state index in [4.69, 9.17) is 4.74 Å². The van der Waals surface area contributed by atoms with Gasteiger partial charge in [0.25, 0.3) is 11.6 Å². The molecular weight excluding hydrogens is 356 g/mol. The van der Waals surface area contributed by atoms with Crippen molar-refractivity contribution in [3.63, 3.8) is 0 Å². The fourth-order valence-corrected chi connectivity index (χ4v) is 2.98. The van der Waals surface area contributed by atoms with Crippen molar-refractivity contribution >= 4 is 28.6 Å². The molecule has 8 nitrogen and oxygen atoms in total. The van der Waals surface area contributed by atoms with E-state index in [0.717, 1.165) is 11.3 Å². The highest BCUT2D eigenvalue weighted by atomic mass is 32.1. The molecular formula is C17H14N4O4S. The zero-order valence-electron chi connectivity index (χ0n) is 13.6. The van der Waals surface area contributed by atoms with E-state index in [0.29, 0.717) is 5.01 Å². The molecule has 132 valence electrons. The molecule has 2 aromatic carbocycles. The maximum absolute atomic E-state index is 12.2. The summed E-state index contributed by atoms with van der Waals surface area (Å²) in [5, 5.41) is 13.3. The maximum atomic E-state index is 12.2. The van der Waals surface area contributed by atoms with Crippen molar-refractivity contribution < 1.29 is 14.5 Å². The van der Waals surface area contributed by atoms with Gasteiger partial charge in [0.15, 0.2) is 0 Å². The molecule has 0 fully saturated rings. The molecule has 26 heavy (non-hydrogen) atoms. The molecule has 9 heteroatoms. The van der Waals surface area contributed by atoms with Crippen LogP contribution in [0.2, 0.25) is 0 Å². The zero-order valence-corrected chi connectivity index (χ0v) is 14.4. The van der Waals surface area contributed by atoms with Crippen LogP contribution >= 0.6 is 11.3 Å². The molecule has 0 spiro atoms. The lowest BCUT2D eigenvalue weighted by Crippen LogP contribution is -2.29. The minimum absolute atomic E-state index is 0.134. The second-order valence-corrected chi connectivity index (χ2v) is 5.98. The number of hydrogen-bond donors (Lipinski definition) is 2. The van der Waals surface area contributed by atoms with Crippen molar-refractivity contribution in [1.82, 2.24) is 10.4 Å². The Bertz CT molecular complexity index is 940. The number of amides is 1. The van der Waals surface area contributed by atoms with Crippen LogP contribution in [-0.2, 0) is 0 Å². The normalized spacial score (nSPS) is 10.2. The predicted molar refractivity (Wildman–Crippen MR) is 98.3 cm³/mol. The van der Waals surface area contributed by atoms with Gasteiger partial charge in [0, 0.05) is 17.0 Å². The van der Waals surface area contributed by atoms with Crippen molar-refractivity contribution in [2.75, 3.05) is 12.5 Å². The predicted octanol–water partition coefficient (Wildman–Crippen LogP) is 3.48. The molecule has 1 amide bonds. The first-order chi connectivity index (χ1) is 12.6. The van der Waals surface area contributed by atoms with Crippen LogP contribution in [0.4, 0.5) is 11.4 Å². The number of thiazole rings is 1. The van der Waals surface area contributed by atoms with Gasteiger partial charge in [-0.05, 0) is 30.3 Å². The third-order valence-corrected chi connectivity index (χ3v) is 4.38. The third kappa shape index (κ3) is 3.78. The number of anilines is 1. The molecule has 2 N–H and O–H groups in total. The maximum Gasteiger partial charge on any atom is 0.294 e. The minimum atomic E-state index is -0.529. The summed E-state index contributed by atoms with van der Waals surface area (Å²) in [5.74, 6) is 0.246. The minimum Gasteiger partial charge on any atom is -0.497 e. The van der Waals surface area contributed by atoms with Crippen molar-refractivity contribution in [2.24, 2.45) is 0 Å². The first-order valence-corrected chi connectivity index (χ1v) is 8.36. The summed E-state index contributed by atoms with van der Waals surface area (Å²) in [7, 11) is 1.59. The first-order valence-electron chi connectivity index (χ1n) is 7.48. The number of hydrogen-bond acceptors (Lipinski definition) is 7. The second-order valence-electron chi connectivity index (χ2n) is 5.12. The quantitative estimate of drug-likeness (QED) is 0.508. The fraction of sp³-hybridized carbons (Fsp3) is 0.0588. The van der Waals surface area contributed by atoms with Crippen LogP contribution in [-0.4, -0.2) is 22.9 Å². The van der Waals surface area contributed by atoms with Crippen LogP contribution in [0.1, 0.15) is 10.5 Å².